The van der Waals surface area contributed by atoms with Crippen molar-refractivity contribution in [2.75, 3.05) is 19.6 Å². The van der Waals surface area contributed by atoms with E-state index in [-0.39, 0.29) is 0 Å². The molecule has 0 saturated heterocycles. The van der Waals surface area contributed by atoms with E-state index in [0.29, 0.717) is 0 Å². The van der Waals surface area contributed by atoms with Crippen molar-refractivity contribution in [2.24, 2.45) is 4.99 Å². The van der Waals surface area contributed by atoms with Crippen LogP contribution in [0, 0.1) is 0 Å². The molecule has 13 heavy (non-hydrogen) atoms. The third-order valence-electron chi connectivity index (χ3n) is 1.78. The molecule has 6 heteroatoms. The molecule has 1 aliphatic heterocycles. The Morgan fingerprint density at radius 2 is 2.62 bits per heavy atom. The highest BCUT2D eigenvalue weighted by molar-refractivity contribution is 5.81. The first kappa shape index (κ1) is 8.03. The molecular weight excluding hydrogens is 168 g/mol. The fourth-order valence-corrected chi connectivity index (χ4v) is 1.16. The van der Waals surface area contributed by atoms with E-state index in [1.807, 2.05) is 6.20 Å². The Balaban J connectivity index is 1.69. The fourth-order valence-electron chi connectivity index (χ4n) is 1.16. The second kappa shape index (κ2) is 3.88. The van der Waals surface area contributed by atoms with Crippen LogP contribution < -0.4 is 10.6 Å². The third-order valence-corrected chi connectivity index (χ3v) is 1.78. The summed E-state index contributed by atoms with van der Waals surface area (Å²) in [5.74, 6) is 0.889. The minimum Gasteiger partial charge on any atom is -0.355 e. The number of hydrogen-bond acceptors (Lipinski definition) is 5. The Labute approximate surface area is 76.0 Å². The summed E-state index contributed by atoms with van der Waals surface area (Å²) in [4.78, 5) is 4.20. The van der Waals surface area contributed by atoms with Crippen LogP contribution in [-0.2, 0) is 6.54 Å². The predicted molar refractivity (Wildman–Crippen MR) is 48.3 cm³/mol. The molecule has 0 amide bonds. The summed E-state index contributed by atoms with van der Waals surface area (Å²) >= 11 is 0. The lowest BCUT2D eigenvalue weighted by Crippen LogP contribution is -2.35. The lowest BCUT2D eigenvalue weighted by molar-refractivity contribution is 0.578. The average Bonchev–Trinajstić information content (AvgIpc) is 2.75. The van der Waals surface area contributed by atoms with Gasteiger partial charge < -0.3 is 10.6 Å². The SMILES string of the molecule is c1cn(CCNC2=NCCN2)nn1. The molecule has 1 aliphatic rings. The van der Waals surface area contributed by atoms with Crippen molar-refractivity contribution in [1.29, 1.82) is 0 Å². The van der Waals surface area contributed by atoms with Gasteiger partial charge >= 0.3 is 0 Å². The molecule has 6 nitrogen and oxygen atoms in total. The van der Waals surface area contributed by atoms with Crippen molar-refractivity contribution in [1.82, 2.24) is 25.6 Å². The van der Waals surface area contributed by atoms with Gasteiger partial charge in [0.05, 0.1) is 19.3 Å². The van der Waals surface area contributed by atoms with Crippen LogP contribution in [0.1, 0.15) is 0 Å². The van der Waals surface area contributed by atoms with Gasteiger partial charge in [-0.1, -0.05) is 5.21 Å². The zero-order valence-corrected chi connectivity index (χ0v) is 7.27. The van der Waals surface area contributed by atoms with Gasteiger partial charge in [-0.2, -0.15) is 0 Å². The second-order valence-electron chi connectivity index (χ2n) is 2.75. The number of hydrogen-bond donors (Lipinski definition) is 2. The zero-order valence-electron chi connectivity index (χ0n) is 7.27. The average molecular weight is 180 g/mol. The van der Waals surface area contributed by atoms with E-state index >= 15 is 0 Å². The van der Waals surface area contributed by atoms with Crippen molar-refractivity contribution < 1.29 is 0 Å². The summed E-state index contributed by atoms with van der Waals surface area (Å²) < 4.78 is 1.78. The van der Waals surface area contributed by atoms with Gasteiger partial charge in [0.2, 0.25) is 0 Å². The van der Waals surface area contributed by atoms with Crippen LogP contribution in [0.25, 0.3) is 0 Å². The summed E-state index contributed by atoms with van der Waals surface area (Å²) in [5, 5.41) is 13.9. The first-order valence-corrected chi connectivity index (χ1v) is 4.31. The summed E-state index contributed by atoms with van der Waals surface area (Å²) in [6.45, 7) is 3.42. The molecule has 0 fully saturated rings. The molecule has 2 N–H and O–H groups in total. The molecule has 0 radical (unpaired) electrons. The minimum absolute atomic E-state index is 0.806. The normalized spacial score (nSPS) is 15.2. The smallest absolute Gasteiger partial charge is 0.191 e. The van der Waals surface area contributed by atoms with Gasteiger partial charge in [-0.3, -0.25) is 9.67 Å². The standard InChI is InChI=1S/C7H12N6/c1-2-9-7(8-1)10-3-5-13-6-4-11-12-13/h4,6H,1-3,5H2,(H2,8,9,10). The van der Waals surface area contributed by atoms with Gasteiger partial charge in [-0.15, -0.1) is 5.10 Å². The number of aliphatic imine (C=N–C) groups is 1. The van der Waals surface area contributed by atoms with Crippen molar-refractivity contribution >= 4 is 5.96 Å². The van der Waals surface area contributed by atoms with E-state index in [2.05, 4.69) is 25.9 Å². The first-order valence-electron chi connectivity index (χ1n) is 4.31. The van der Waals surface area contributed by atoms with E-state index in [4.69, 9.17) is 0 Å². The highest BCUT2D eigenvalue weighted by Crippen LogP contribution is 1.82. The quantitative estimate of drug-likeness (QED) is 0.615. The molecule has 1 aromatic heterocycles. The zero-order chi connectivity index (χ0) is 8.93. The van der Waals surface area contributed by atoms with E-state index < -0.39 is 0 Å². The maximum atomic E-state index is 4.20. The summed E-state index contributed by atoms with van der Waals surface area (Å²) in [6.07, 6.45) is 3.51. The van der Waals surface area contributed by atoms with Crippen molar-refractivity contribution in [3.63, 3.8) is 0 Å². The lowest BCUT2D eigenvalue weighted by Gasteiger charge is -2.05. The third kappa shape index (κ3) is 2.17. The molecule has 70 valence electrons. The number of aromatic nitrogens is 3. The molecule has 0 unspecified atom stereocenters. The van der Waals surface area contributed by atoms with Crippen LogP contribution in [0.3, 0.4) is 0 Å². The van der Waals surface area contributed by atoms with Crippen LogP contribution in [0.4, 0.5) is 0 Å². The van der Waals surface area contributed by atoms with Gasteiger partial charge in [0.25, 0.3) is 0 Å². The van der Waals surface area contributed by atoms with E-state index in [9.17, 15) is 0 Å². The van der Waals surface area contributed by atoms with Crippen LogP contribution in [0.5, 0.6) is 0 Å². The summed E-state index contributed by atoms with van der Waals surface area (Å²) in [6, 6.07) is 0. The molecule has 2 heterocycles. The second-order valence-corrected chi connectivity index (χ2v) is 2.75. The van der Waals surface area contributed by atoms with Crippen molar-refractivity contribution in [2.45, 2.75) is 6.54 Å². The molecule has 0 aromatic carbocycles. The first-order chi connectivity index (χ1) is 6.45. The topological polar surface area (TPSA) is 67.1 Å². The Morgan fingerprint density at radius 3 is 3.31 bits per heavy atom. The van der Waals surface area contributed by atoms with Gasteiger partial charge in [0.1, 0.15) is 0 Å². The molecule has 0 saturated carbocycles. The Morgan fingerprint density at radius 1 is 1.62 bits per heavy atom. The monoisotopic (exact) mass is 180 g/mol. The van der Waals surface area contributed by atoms with E-state index in [1.165, 1.54) is 0 Å². The molecule has 2 rings (SSSR count). The summed E-state index contributed by atoms with van der Waals surface area (Å²) in [7, 11) is 0. The Bertz CT molecular complexity index is 277. The van der Waals surface area contributed by atoms with Gasteiger partial charge in [-0.25, -0.2) is 0 Å². The van der Waals surface area contributed by atoms with Gasteiger partial charge in [-0.05, 0) is 0 Å². The van der Waals surface area contributed by atoms with Crippen LogP contribution in [0.15, 0.2) is 17.4 Å². The Kier molecular flexibility index (Phi) is 2.40. The maximum absolute atomic E-state index is 4.20. The minimum atomic E-state index is 0.806. The molecule has 1 aromatic rings. The fraction of sp³-hybridized carbons (Fsp3) is 0.571. The number of nitrogens with zero attached hydrogens (tertiary/aromatic N) is 4. The van der Waals surface area contributed by atoms with Gasteiger partial charge in [0, 0.05) is 19.3 Å². The lowest BCUT2D eigenvalue weighted by atomic mass is 10.6. The van der Waals surface area contributed by atoms with Crippen molar-refractivity contribution in [3.05, 3.63) is 12.4 Å². The number of nitrogens with one attached hydrogen (secondary N) is 2. The Hall–Kier alpha value is -1.59. The van der Waals surface area contributed by atoms with E-state index in [1.54, 1.807) is 10.9 Å². The highest BCUT2D eigenvalue weighted by Gasteiger charge is 2.02. The molecule has 0 spiro atoms. The summed E-state index contributed by atoms with van der Waals surface area (Å²) in [5.41, 5.74) is 0. The van der Waals surface area contributed by atoms with Crippen LogP contribution in [-0.4, -0.2) is 40.6 Å². The molecule has 0 aliphatic carbocycles. The predicted octanol–water partition coefficient (Wildman–Crippen LogP) is -1.17. The van der Waals surface area contributed by atoms with Crippen LogP contribution >= 0.6 is 0 Å². The van der Waals surface area contributed by atoms with Crippen molar-refractivity contribution in [3.8, 4) is 0 Å². The van der Waals surface area contributed by atoms with Crippen LogP contribution in [0.2, 0.25) is 0 Å². The maximum Gasteiger partial charge on any atom is 0.191 e. The van der Waals surface area contributed by atoms with Gasteiger partial charge in [0.15, 0.2) is 5.96 Å². The molecule has 0 atom stereocenters. The van der Waals surface area contributed by atoms with E-state index in [0.717, 1.165) is 32.1 Å². The highest BCUT2D eigenvalue weighted by atomic mass is 15.4. The number of guanidine groups is 1. The molecule has 0 bridgehead atoms. The largest absolute Gasteiger partial charge is 0.355 e. The molecular formula is C7H12N6. The number of rotatable bonds is 3.